The third-order valence-electron chi connectivity index (χ3n) is 3.63. The Morgan fingerprint density at radius 1 is 1.32 bits per heavy atom. The van der Waals surface area contributed by atoms with Gasteiger partial charge in [-0.05, 0) is 38.5 Å². The number of benzene rings is 1. The van der Waals surface area contributed by atoms with Gasteiger partial charge in [0.15, 0.2) is 0 Å². The molecule has 0 unspecified atom stereocenters. The number of rotatable bonds is 7. The number of hydrogen-bond donors (Lipinski definition) is 2. The fraction of sp³-hybridized carbons (Fsp3) is 0.471. The van der Waals surface area contributed by atoms with Gasteiger partial charge in [-0.2, -0.15) is 5.10 Å². The van der Waals surface area contributed by atoms with Gasteiger partial charge in [0.25, 0.3) is 0 Å². The van der Waals surface area contributed by atoms with Crippen LogP contribution in [0.15, 0.2) is 30.6 Å². The van der Waals surface area contributed by atoms with Crippen molar-refractivity contribution in [3.8, 4) is 5.75 Å². The molecule has 1 aromatic heterocycles. The second-order valence-corrected chi connectivity index (χ2v) is 5.81. The van der Waals surface area contributed by atoms with E-state index in [0.29, 0.717) is 6.54 Å². The zero-order chi connectivity index (χ0) is 16.1. The summed E-state index contributed by atoms with van der Waals surface area (Å²) < 4.78 is 7.23. The van der Waals surface area contributed by atoms with Crippen LogP contribution in [0.25, 0.3) is 0 Å². The van der Waals surface area contributed by atoms with Crippen LogP contribution in [0.1, 0.15) is 29.7 Å². The van der Waals surface area contributed by atoms with E-state index >= 15 is 0 Å². The summed E-state index contributed by atoms with van der Waals surface area (Å²) in [5.74, 6) is 0.718. The van der Waals surface area contributed by atoms with Crippen molar-refractivity contribution in [2.75, 3.05) is 13.7 Å². The SMILES string of the molecule is COc1ccc(C)cc1[C@@H](O)CN[C@@H](C)Cn1cc(C)cn1. The molecule has 0 bridgehead atoms. The first-order valence-corrected chi connectivity index (χ1v) is 7.54. The fourth-order valence-corrected chi connectivity index (χ4v) is 2.45. The summed E-state index contributed by atoms with van der Waals surface area (Å²) in [5, 5.41) is 18.0. The van der Waals surface area contributed by atoms with Crippen molar-refractivity contribution < 1.29 is 9.84 Å². The molecule has 2 rings (SSSR count). The third-order valence-corrected chi connectivity index (χ3v) is 3.63. The molecule has 1 heterocycles. The number of nitrogens with one attached hydrogen (secondary N) is 1. The number of ether oxygens (including phenoxy) is 1. The number of aryl methyl sites for hydroxylation is 2. The van der Waals surface area contributed by atoms with Gasteiger partial charge >= 0.3 is 0 Å². The summed E-state index contributed by atoms with van der Waals surface area (Å²) in [6.07, 6.45) is 3.26. The maximum Gasteiger partial charge on any atom is 0.124 e. The lowest BCUT2D eigenvalue weighted by atomic mass is 10.0. The van der Waals surface area contributed by atoms with Gasteiger partial charge in [0.2, 0.25) is 0 Å². The lowest BCUT2D eigenvalue weighted by Crippen LogP contribution is -2.34. The second-order valence-electron chi connectivity index (χ2n) is 5.81. The zero-order valence-electron chi connectivity index (χ0n) is 13.7. The van der Waals surface area contributed by atoms with Crippen LogP contribution in [0, 0.1) is 13.8 Å². The third kappa shape index (κ3) is 4.32. The largest absolute Gasteiger partial charge is 0.496 e. The molecule has 5 nitrogen and oxygen atoms in total. The summed E-state index contributed by atoms with van der Waals surface area (Å²) in [4.78, 5) is 0. The molecule has 0 saturated carbocycles. The Morgan fingerprint density at radius 3 is 2.73 bits per heavy atom. The quantitative estimate of drug-likeness (QED) is 0.823. The van der Waals surface area contributed by atoms with Gasteiger partial charge in [0, 0.05) is 24.3 Å². The monoisotopic (exact) mass is 303 g/mol. The van der Waals surface area contributed by atoms with E-state index in [0.717, 1.165) is 29.0 Å². The van der Waals surface area contributed by atoms with Gasteiger partial charge in [-0.3, -0.25) is 4.68 Å². The number of hydrogen-bond acceptors (Lipinski definition) is 4. The summed E-state index contributed by atoms with van der Waals surface area (Å²) >= 11 is 0. The highest BCUT2D eigenvalue weighted by Gasteiger charge is 2.14. The molecule has 0 aliphatic rings. The molecule has 0 radical (unpaired) electrons. The average Bonchev–Trinajstić information content (AvgIpc) is 2.89. The zero-order valence-corrected chi connectivity index (χ0v) is 13.7. The van der Waals surface area contributed by atoms with Crippen LogP contribution >= 0.6 is 0 Å². The molecule has 0 amide bonds. The number of aliphatic hydroxyl groups is 1. The van der Waals surface area contributed by atoms with Crippen LogP contribution < -0.4 is 10.1 Å². The normalized spacial score (nSPS) is 13.9. The van der Waals surface area contributed by atoms with Crippen molar-refractivity contribution in [1.29, 1.82) is 0 Å². The van der Waals surface area contributed by atoms with Crippen LogP contribution in [0.5, 0.6) is 5.75 Å². The first kappa shape index (κ1) is 16.5. The topological polar surface area (TPSA) is 59.3 Å². The van der Waals surface area contributed by atoms with Crippen molar-refractivity contribution in [3.63, 3.8) is 0 Å². The van der Waals surface area contributed by atoms with Gasteiger partial charge in [0.05, 0.1) is 26.0 Å². The number of nitrogens with zero attached hydrogens (tertiary/aromatic N) is 2. The highest BCUT2D eigenvalue weighted by Crippen LogP contribution is 2.25. The Hall–Kier alpha value is -1.85. The van der Waals surface area contributed by atoms with Crippen molar-refractivity contribution >= 4 is 0 Å². The summed E-state index contributed by atoms with van der Waals surface area (Å²) in [5.41, 5.74) is 3.07. The molecule has 5 heteroatoms. The standard InChI is InChI=1S/C17H25N3O2/c1-12-5-6-17(22-4)15(7-12)16(21)9-18-14(3)11-20-10-13(2)8-19-20/h5-8,10,14,16,18,21H,9,11H2,1-4H3/t14-,16-/m0/s1. The summed E-state index contributed by atoms with van der Waals surface area (Å²) in [6.45, 7) is 7.35. The van der Waals surface area contributed by atoms with Gasteiger partial charge < -0.3 is 15.2 Å². The molecule has 0 spiro atoms. The van der Waals surface area contributed by atoms with E-state index in [1.807, 2.05) is 49.1 Å². The molecule has 2 atom stereocenters. The summed E-state index contributed by atoms with van der Waals surface area (Å²) in [6, 6.07) is 6.05. The minimum Gasteiger partial charge on any atom is -0.496 e. The fourth-order valence-electron chi connectivity index (χ4n) is 2.45. The van der Waals surface area contributed by atoms with E-state index in [-0.39, 0.29) is 6.04 Å². The lowest BCUT2D eigenvalue weighted by Gasteiger charge is -2.19. The van der Waals surface area contributed by atoms with Crippen LogP contribution in [-0.4, -0.2) is 34.6 Å². The smallest absolute Gasteiger partial charge is 0.124 e. The molecule has 0 aliphatic carbocycles. The Bertz CT molecular complexity index is 610. The molecule has 0 fully saturated rings. The first-order chi connectivity index (χ1) is 10.5. The van der Waals surface area contributed by atoms with Crippen LogP contribution in [-0.2, 0) is 6.54 Å². The van der Waals surface area contributed by atoms with Crippen molar-refractivity contribution in [2.45, 2.75) is 39.5 Å². The van der Waals surface area contributed by atoms with E-state index in [4.69, 9.17) is 4.74 Å². The number of methoxy groups -OCH3 is 1. The van der Waals surface area contributed by atoms with Gasteiger partial charge in [-0.15, -0.1) is 0 Å². The van der Waals surface area contributed by atoms with E-state index in [1.54, 1.807) is 7.11 Å². The van der Waals surface area contributed by atoms with Gasteiger partial charge in [0.1, 0.15) is 5.75 Å². The van der Waals surface area contributed by atoms with Crippen molar-refractivity contribution in [1.82, 2.24) is 15.1 Å². The van der Waals surface area contributed by atoms with Crippen LogP contribution in [0.2, 0.25) is 0 Å². The lowest BCUT2D eigenvalue weighted by molar-refractivity contribution is 0.165. The Labute approximate surface area is 131 Å². The Balaban J connectivity index is 1.92. The highest BCUT2D eigenvalue weighted by atomic mass is 16.5. The van der Waals surface area contributed by atoms with E-state index in [1.165, 1.54) is 0 Å². The number of aromatic nitrogens is 2. The molecule has 1 aromatic carbocycles. The first-order valence-electron chi connectivity index (χ1n) is 7.54. The molecule has 120 valence electrons. The molecule has 0 saturated heterocycles. The van der Waals surface area contributed by atoms with Gasteiger partial charge in [-0.25, -0.2) is 0 Å². The minimum absolute atomic E-state index is 0.213. The highest BCUT2D eigenvalue weighted by molar-refractivity contribution is 5.38. The van der Waals surface area contributed by atoms with E-state index < -0.39 is 6.10 Å². The molecular weight excluding hydrogens is 278 g/mol. The average molecular weight is 303 g/mol. The summed E-state index contributed by atoms with van der Waals surface area (Å²) in [7, 11) is 1.62. The van der Waals surface area contributed by atoms with E-state index in [2.05, 4.69) is 17.3 Å². The predicted octanol–water partition coefficient (Wildman–Crippen LogP) is 2.22. The van der Waals surface area contributed by atoms with Crippen LogP contribution in [0.4, 0.5) is 0 Å². The van der Waals surface area contributed by atoms with E-state index in [9.17, 15) is 5.11 Å². The maximum absolute atomic E-state index is 10.4. The minimum atomic E-state index is -0.600. The van der Waals surface area contributed by atoms with Crippen molar-refractivity contribution in [2.24, 2.45) is 0 Å². The van der Waals surface area contributed by atoms with Crippen LogP contribution in [0.3, 0.4) is 0 Å². The molecule has 0 aliphatic heterocycles. The predicted molar refractivity (Wildman–Crippen MR) is 87.1 cm³/mol. The molecule has 22 heavy (non-hydrogen) atoms. The Kier molecular flexibility index (Phi) is 5.57. The molecule has 2 N–H and O–H groups in total. The van der Waals surface area contributed by atoms with Gasteiger partial charge in [-0.1, -0.05) is 11.6 Å². The second kappa shape index (κ2) is 7.42. The maximum atomic E-state index is 10.4. The van der Waals surface area contributed by atoms with Crippen molar-refractivity contribution in [3.05, 3.63) is 47.3 Å². The molecule has 2 aromatic rings. The Morgan fingerprint density at radius 2 is 2.09 bits per heavy atom. The molecular formula is C17H25N3O2. The number of aliphatic hydroxyl groups excluding tert-OH is 1.